The number of pyridine rings is 1. The van der Waals surface area contributed by atoms with E-state index in [-0.39, 0.29) is 18.0 Å². The van der Waals surface area contributed by atoms with Crippen LogP contribution in [0, 0.1) is 13.8 Å². The lowest BCUT2D eigenvalue weighted by molar-refractivity contribution is -0.120. The Bertz CT molecular complexity index is 1110. The summed E-state index contributed by atoms with van der Waals surface area (Å²) in [5.41, 5.74) is 12.8. The van der Waals surface area contributed by atoms with Crippen LogP contribution in [0.1, 0.15) is 29.7 Å². The Morgan fingerprint density at radius 3 is 2.94 bits per heavy atom. The van der Waals surface area contributed by atoms with Crippen LogP contribution in [0.4, 0.5) is 0 Å². The van der Waals surface area contributed by atoms with Crippen molar-refractivity contribution in [3.63, 3.8) is 0 Å². The summed E-state index contributed by atoms with van der Waals surface area (Å²) >= 11 is 1.41. The molecular formula is C21H26N8O2S. The predicted molar refractivity (Wildman–Crippen MR) is 125 cm³/mol. The van der Waals surface area contributed by atoms with E-state index < -0.39 is 0 Å². The smallest absolute Gasteiger partial charge is 0.237 e. The number of amides is 1. The van der Waals surface area contributed by atoms with Crippen molar-refractivity contribution in [2.24, 2.45) is 20.3 Å². The summed E-state index contributed by atoms with van der Waals surface area (Å²) in [6, 6.07) is -0.181. The molecule has 1 unspecified atom stereocenters. The summed E-state index contributed by atoms with van der Waals surface area (Å²) in [5, 5.41) is 17.6. The molecule has 1 amide bonds. The van der Waals surface area contributed by atoms with Gasteiger partial charge in [0.25, 0.3) is 0 Å². The van der Waals surface area contributed by atoms with Crippen molar-refractivity contribution in [1.29, 1.82) is 0 Å². The number of aryl methyl sites for hydroxylation is 1. The minimum Gasteiger partial charge on any atom is -0.496 e. The highest BCUT2D eigenvalue weighted by atomic mass is 32.2. The summed E-state index contributed by atoms with van der Waals surface area (Å²) in [6.45, 7) is 5.05. The summed E-state index contributed by atoms with van der Waals surface area (Å²) in [7, 11) is 1.66. The van der Waals surface area contributed by atoms with Crippen molar-refractivity contribution in [3.05, 3.63) is 34.2 Å². The molecule has 0 bridgehead atoms. The highest BCUT2D eigenvalue weighted by molar-refractivity contribution is 7.98. The monoisotopic (exact) mass is 454 g/mol. The summed E-state index contributed by atoms with van der Waals surface area (Å²) < 4.78 is 9.96. The molecule has 0 saturated carbocycles. The topological polar surface area (TPSA) is 130 Å². The van der Waals surface area contributed by atoms with Crippen LogP contribution < -0.4 is 21.1 Å². The molecule has 0 aromatic carbocycles. The second-order valence-corrected chi connectivity index (χ2v) is 9.01. The molecule has 1 aliphatic carbocycles. The van der Waals surface area contributed by atoms with Gasteiger partial charge in [-0.15, -0.1) is 0 Å². The average molecular weight is 455 g/mol. The molecule has 3 aliphatic heterocycles. The number of nitrogens with zero attached hydrogens (tertiary/aromatic N) is 5. The van der Waals surface area contributed by atoms with E-state index >= 15 is 0 Å². The lowest BCUT2D eigenvalue weighted by Gasteiger charge is -2.23. The van der Waals surface area contributed by atoms with Crippen molar-refractivity contribution < 1.29 is 9.53 Å². The van der Waals surface area contributed by atoms with Gasteiger partial charge in [0.15, 0.2) is 5.84 Å². The van der Waals surface area contributed by atoms with E-state index in [0.29, 0.717) is 36.8 Å². The SMILES string of the molecule is COc1c(C)cnc(CN2N=C3CC(N[C@@H]4CCNC4=O)C4=C3C(=N2)C(N)=NSC4)c1C. The number of hydrogen-bond donors (Lipinski definition) is 3. The highest BCUT2D eigenvalue weighted by Gasteiger charge is 2.40. The molecule has 5 rings (SSSR count). The molecule has 0 radical (unpaired) electrons. The van der Waals surface area contributed by atoms with Crippen molar-refractivity contribution in [1.82, 2.24) is 20.7 Å². The largest absolute Gasteiger partial charge is 0.496 e. The van der Waals surface area contributed by atoms with Crippen molar-refractivity contribution in [2.75, 3.05) is 19.4 Å². The lowest BCUT2D eigenvalue weighted by Crippen LogP contribution is -2.43. The Morgan fingerprint density at radius 1 is 1.34 bits per heavy atom. The zero-order valence-corrected chi connectivity index (χ0v) is 19.1. The number of hydrogen-bond acceptors (Lipinski definition) is 10. The van der Waals surface area contributed by atoms with E-state index in [4.69, 9.17) is 20.7 Å². The normalized spacial score (nSPS) is 24.5. The van der Waals surface area contributed by atoms with E-state index in [9.17, 15) is 4.79 Å². The fourth-order valence-corrected chi connectivity index (χ4v) is 5.42. The van der Waals surface area contributed by atoms with Gasteiger partial charge in [-0.1, -0.05) is 0 Å². The fraction of sp³-hybridized carbons (Fsp3) is 0.476. The Kier molecular flexibility index (Phi) is 5.38. The third-order valence-corrected chi connectivity index (χ3v) is 7.00. The maximum absolute atomic E-state index is 12.1. The molecule has 11 heteroatoms. The molecule has 1 aromatic heterocycles. The van der Waals surface area contributed by atoms with Crippen molar-refractivity contribution in [2.45, 2.75) is 45.3 Å². The standard InChI is InChI=1S/C21H26N8O2S/c1-10-7-24-16(11(2)19(10)31-3)8-29-26-15-6-14(25-13-4-5-23-21(13)30)12-9-32-28-20(22)18(27-29)17(12)15/h7,13-14,25H,4-6,8-9H2,1-3H3,(H2,22,28)(H,23,30)/t13-,14?/m1/s1. The summed E-state index contributed by atoms with van der Waals surface area (Å²) in [6.07, 6.45) is 3.26. The van der Waals surface area contributed by atoms with Crippen LogP contribution in [0.15, 0.2) is 31.9 Å². The van der Waals surface area contributed by atoms with Crippen LogP contribution >= 0.6 is 11.9 Å². The molecule has 1 fully saturated rings. The number of hydrazone groups is 2. The van der Waals surface area contributed by atoms with Gasteiger partial charge in [-0.2, -0.15) is 19.7 Å². The molecule has 168 valence electrons. The number of carbonyl (C=O) groups excluding carboxylic acids is 1. The third kappa shape index (κ3) is 3.55. The molecule has 1 saturated heterocycles. The van der Waals surface area contributed by atoms with Gasteiger partial charge in [0.05, 0.1) is 24.6 Å². The van der Waals surface area contributed by atoms with Gasteiger partial charge in [-0.3, -0.25) is 15.1 Å². The number of methoxy groups -OCH3 is 1. The van der Waals surface area contributed by atoms with E-state index in [1.54, 1.807) is 18.4 Å². The number of rotatable bonds is 5. The molecule has 0 spiro atoms. The Labute approximate surface area is 190 Å². The van der Waals surface area contributed by atoms with Gasteiger partial charge >= 0.3 is 0 Å². The van der Waals surface area contributed by atoms with Gasteiger partial charge < -0.3 is 15.8 Å². The molecule has 4 heterocycles. The summed E-state index contributed by atoms with van der Waals surface area (Å²) in [4.78, 5) is 16.7. The number of carbonyl (C=O) groups is 1. The van der Waals surface area contributed by atoms with Gasteiger partial charge in [-0.05, 0) is 37.8 Å². The van der Waals surface area contributed by atoms with Crippen LogP contribution in [-0.4, -0.2) is 64.8 Å². The quantitative estimate of drug-likeness (QED) is 0.561. The zero-order chi connectivity index (χ0) is 22.4. The number of amidine groups is 1. The highest BCUT2D eigenvalue weighted by Crippen LogP contribution is 2.35. The van der Waals surface area contributed by atoms with Crippen LogP contribution in [0.5, 0.6) is 5.75 Å². The van der Waals surface area contributed by atoms with Gasteiger partial charge in [0.1, 0.15) is 18.0 Å². The number of aromatic nitrogens is 1. The number of nitrogens with one attached hydrogen (secondary N) is 2. The van der Waals surface area contributed by atoms with Crippen LogP contribution in [-0.2, 0) is 11.3 Å². The van der Waals surface area contributed by atoms with Crippen molar-refractivity contribution >= 4 is 35.1 Å². The van der Waals surface area contributed by atoms with Crippen LogP contribution in [0.25, 0.3) is 0 Å². The average Bonchev–Trinajstić information content (AvgIpc) is 3.27. The first-order valence-electron chi connectivity index (χ1n) is 10.6. The minimum absolute atomic E-state index is 0.00989. The molecule has 32 heavy (non-hydrogen) atoms. The maximum Gasteiger partial charge on any atom is 0.237 e. The minimum atomic E-state index is -0.191. The molecular weight excluding hydrogens is 428 g/mol. The van der Waals surface area contributed by atoms with E-state index in [1.807, 2.05) is 13.8 Å². The lowest BCUT2D eigenvalue weighted by atomic mass is 10.0. The van der Waals surface area contributed by atoms with E-state index in [2.05, 4.69) is 20.0 Å². The second kappa shape index (κ2) is 8.21. The first-order chi connectivity index (χ1) is 15.5. The van der Waals surface area contributed by atoms with E-state index in [1.165, 1.54) is 11.9 Å². The predicted octanol–water partition coefficient (Wildman–Crippen LogP) is 0.801. The molecule has 10 nitrogen and oxygen atoms in total. The summed E-state index contributed by atoms with van der Waals surface area (Å²) in [5.74, 6) is 1.95. The van der Waals surface area contributed by atoms with Crippen LogP contribution in [0.3, 0.4) is 0 Å². The Hall–Kier alpha value is -2.92. The molecule has 2 atom stereocenters. The van der Waals surface area contributed by atoms with Crippen molar-refractivity contribution in [3.8, 4) is 5.75 Å². The first-order valence-corrected chi connectivity index (χ1v) is 11.6. The Morgan fingerprint density at radius 2 is 2.19 bits per heavy atom. The first kappa shape index (κ1) is 21.0. The Balaban J connectivity index is 1.47. The fourth-order valence-electron chi connectivity index (χ4n) is 4.64. The maximum atomic E-state index is 12.1. The number of nitrogens with two attached hydrogens (primary N) is 1. The van der Waals surface area contributed by atoms with E-state index in [0.717, 1.165) is 45.8 Å². The van der Waals surface area contributed by atoms with Gasteiger partial charge in [-0.25, -0.2) is 0 Å². The second-order valence-electron chi connectivity index (χ2n) is 8.28. The van der Waals surface area contributed by atoms with Gasteiger partial charge in [0, 0.05) is 47.7 Å². The van der Waals surface area contributed by atoms with Gasteiger partial charge in [0.2, 0.25) is 5.91 Å². The molecule has 4 aliphatic rings. The zero-order valence-electron chi connectivity index (χ0n) is 18.3. The third-order valence-electron chi connectivity index (χ3n) is 6.23. The molecule has 1 aromatic rings. The van der Waals surface area contributed by atoms with Crippen LogP contribution in [0.2, 0.25) is 0 Å². The number of ether oxygens (including phenoxy) is 1. The molecule has 4 N–H and O–H groups in total.